The lowest BCUT2D eigenvalue weighted by Crippen LogP contribution is -2.51. The van der Waals surface area contributed by atoms with E-state index < -0.39 is 6.03 Å². The van der Waals surface area contributed by atoms with Crippen LogP contribution in [0.25, 0.3) is 0 Å². The van der Waals surface area contributed by atoms with Crippen LogP contribution in [0.1, 0.15) is 25.8 Å². The number of urea groups is 1. The average molecular weight is 393 g/mol. The molecule has 8 nitrogen and oxygen atoms in total. The van der Waals surface area contributed by atoms with Gasteiger partial charge in [0, 0.05) is 38.8 Å². The molecule has 1 fully saturated rings. The summed E-state index contributed by atoms with van der Waals surface area (Å²) < 4.78 is 10.6. The van der Waals surface area contributed by atoms with Crippen LogP contribution in [-0.4, -0.2) is 74.7 Å². The Hall–Kier alpha value is -2.32. The van der Waals surface area contributed by atoms with Gasteiger partial charge in [-0.2, -0.15) is 0 Å². The number of rotatable bonds is 8. The van der Waals surface area contributed by atoms with Crippen molar-refractivity contribution < 1.29 is 19.1 Å². The summed E-state index contributed by atoms with van der Waals surface area (Å²) in [7, 11) is 3.26. The Morgan fingerprint density at radius 3 is 2.32 bits per heavy atom. The van der Waals surface area contributed by atoms with Crippen molar-refractivity contribution >= 4 is 11.9 Å². The van der Waals surface area contributed by atoms with Gasteiger partial charge in [-0.25, -0.2) is 4.79 Å². The number of carbonyl (C=O) groups is 2. The SMILES string of the molecule is CC[C@H](C)NC(=O)NC(=O)CN1CCN(Cc2ccc(OC)c(OC)c2)CC1. The number of piperazine rings is 1. The summed E-state index contributed by atoms with van der Waals surface area (Å²) in [5.41, 5.74) is 1.16. The Bertz CT molecular complexity index is 660. The molecule has 0 bridgehead atoms. The van der Waals surface area contributed by atoms with Crippen LogP contribution in [0.15, 0.2) is 18.2 Å². The highest BCUT2D eigenvalue weighted by molar-refractivity contribution is 5.95. The summed E-state index contributed by atoms with van der Waals surface area (Å²) in [4.78, 5) is 28.2. The first kappa shape index (κ1) is 22.0. The van der Waals surface area contributed by atoms with Gasteiger partial charge in [0.25, 0.3) is 0 Å². The maximum absolute atomic E-state index is 12.0. The molecule has 1 atom stereocenters. The lowest BCUT2D eigenvalue weighted by Gasteiger charge is -2.34. The standard InChI is InChI=1S/C20H32N4O4/c1-5-15(2)21-20(26)22-19(25)14-24-10-8-23(9-11-24)13-16-6-7-17(27-3)18(12-16)28-4/h6-7,12,15H,5,8-11,13-14H2,1-4H3,(H2,21,22,25,26)/t15-/m0/s1. The van der Waals surface area contributed by atoms with Crippen LogP contribution < -0.4 is 20.1 Å². The average Bonchev–Trinajstić information content (AvgIpc) is 2.69. The normalized spacial score (nSPS) is 16.3. The van der Waals surface area contributed by atoms with Crippen LogP contribution in [0.2, 0.25) is 0 Å². The van der Waals surface area contributed by atoms with E-state index in [1.807, 2.05) is 32.0 Å². The largest absolute Gasteiger partial charge is 0.493 e. The molecule has 1 aromatic carbocycles. The van der Waals surface area contributed by atoms with E-state index in [4.69, 9.17) is 9.47 Å². The molecule has 1 aromatic rings. The Morgan fingerprint density at radius 1 is 1.07 bits per heavy atom. The van der Waals surface area contributed by atoms with Gasteiger partial charge in [0.05, 0.1) is 20.8 Å². The molecule has 0 unspecified atom stereocenters. The summed E-state index contributed by atoms with van der Waals surface area (Å²) in [6.45, 7) is 8.23. The number of hydrogen-bond donors (Lipinski definition) is 2. The van der Waals surface area contributed by atoms with Crippen molar-refractivity contribution in [3.05, 3.63) is 23.8 Å². The number of nitrogens with zero attached hydrogens (tertiary/aromatic N) is 2. The van der Waals surface area contributed by atoms with Crippen LogP contribution in [0.3, 0.4) is 0 Å². The molecule has 8 heteroatoms. The first-order chi connectivity index (χ1) is 13.4. The number of carbonyl (C=O) groups excluding carboxylic acids is 2. The number of methoxy groups -OCH3 is 2. The van der Waals surface area contributed by atoms with Gasteiger partial charge in [-0.15, -0.1) is 0 Å². The monoisotopic (exact) mass is 392 g/mol. The molecule has 2 N–H and O–H groups in total. The molecule has 156 valence electrons. The van der Waals surface area contributed by atoms with E-state index in [0.29, 0.717) is 0 Å². The van der Waals surface area contributed by atoms with E-state index in [1.54, 1.807) is 14.2 Å². The quantitative estimate of drug-likeness (QED) is 0.697. The smallest absolute Gasteiger partial charge is 0.321 e. The predicted octanol–water partition coefficient (Wildman–Crippen LogP) is 1.45. The summed E-state index contributed by atoms with van der Waals surface area (Å²) >= 11 is 0. The number of ether oxygens (including phenoxy) is 2. The number of benzene rings is 1. The number of hydrogen-bond acceptors (Lipinski definition) is 6. The summed E-state index contributed by atoms with van der Waals surface area (Å²) in [5.74, 6) is 1.18. The lowest BCUT2D eigenvalue weighted by molar-refractivity contribution is -0.121. The minimum absolute atomic E-state index is 0.0490. The molecule has 0 saturated carbocycles. The highest BCUT2D eigenvalue weighted by Gasteiger charge is 2.20. The Morgan fingerprint density at radius 2 is 1.71 bits per heavy atom. The van der Waals surface area contributed by atoms with Crippen LogP contribution in [0.4, 0.5) is 4.79 Å². The van der Waals surface area contributed by atoms with Crippen molar-refractivity contribution in [2.24, 2.45) is 0 Å². The van der Waals surface area contributed by atoms with Gasteiger partial charge in [-0.1, -0.05) is 13.0 Å². The van der Waals surface area contributed by atoms with Gasteiger partial charge in [0.1, 0.15) is 0 Å². The molecule has 1 aliphatic rings. The topological polar surface area (TPSA) is 83.1 Å². The van der Waals surface area contributed by atoms with Crippen molar-refractivity contribution in [3.8, 4) is 11.5 Å². The molecule has 0 aromatic heterocycles. The molecule has 1 saturated heterocycles. The molecule has 1 aliphatic heterocycles. The first-order valence-electron chi connectivity index (χ1n) is 9.71. The van der Waals surface area contributed by atoms with Gasteiger partial charge >= 0.3 is 6.03 Å². The zero-order chi connectivity index (χ0) is 20.5. The van der Waals surface area contributed by atoms with E-state index >= 15 is 0 Å². The highest BCUT2D eigenvalue weighted by Crippen LogP contribution is 2.28. The minimum atomic E-state index is -0.425. The summed E-state index contributed by atoms with van der Waals surface area (Å²) in [6.07, 6.45) is 0.823. The predicted molar refractivity (Wildman–Crippen MR) is 108 cm³/mol. The van der Waals surface area contributed by atoms with Gasteiger partial charge in [-0.3, -0.25) is 19.9 Å². The van der Waals surface area contributed by atoms with E-state index in [2.05, 4.69) is 20.4 Å². The Labute approximate surface area is 167 Å². The van der Waals surface area contributed by atoms with Crippen LogP contribution in [0, 0.1) is 0 Å². The third-order valence-electron chi connectivity index (χ3n) is 4.93. The zero-order valence-electron chi connectivity index (χ0n) is 17.3. The second-order valence-corrected chi connectivity index (χ2v) is 7.07. The third-order valence-corrected chi connectivity index (χ3v) is 4.93. The van der Waals surface area contributed by atoms with Crippen molar-refractivity contribution in [2.45, 2.75) is 32.9 Å². The fraction of sp³-hybridized carbons (Fsp3) is 0.600. The van der Waals surface area contributed by atoms with Crippen LogP contribution in [0.5, 0.6) is 11.5 Å². The number of nitrogens with one attached hydrogen (secondary N) is 2. The maximum atomic E-state index is 12.0. The van der Waals surface area contributed by atoms with E-state index in [0.717, 1.165) is 56.2 Å². The van der Waals surface area contributed by atoms with Crippen LogP contribution >= 0.6 is 0 Å². The summed E-state index contributed by atoms with van der Waals surface area (Å²) in [5, 5.41) is 5.13. The zero-order valence-corrected chi connectivity index (χ0v) is 17.3. The number of imide groups is 1. The van der Waals surface area contributed by atoms with E-state index in [1.165, 1.54) is 0 Å². The second-order valence-electron chi connectivity index (χ2n) is 7.07. The van der Waals surface area contributed by atoms with Crippen molar-refractivity contribution in [3.63, 3.8) is 0 Å². The molecule has 0 aliphatic carbocycles. The lowest BCUT2D eigenvalue weighted by atomic mass is 10.1. The van der Waals surface area contributed by atoms with Gasteiger partial charge < -0.3 is 14.8 Å². The number of amides is 3. The van der Waals surface area contributed by atoms with Crippen molar-refractivity contribution in [2.75, 3.05) is 46.9 Å². The molecule has 0 spiro atoms. The van der Waals surface area contributed by atoms with Crippen molar-refractivity contribution in [1.82, 2.24) is 20.4 Å². The van der Waals surface area contributed by atoms with Gasteiger partial charge in [-0.05, 0) is 31.0 Å². The van der Waals surface area contributed by atoms with Crippen LogP contribution in [-0.2, 0) is 11.3 Å². The second kappa shape index (κ2) is 10.9. The molecule has 28 heavy (non-hydrogen) atoms. The van der Waals surface area contributed by atoms with E-state index in [9.17, 15) is 9.59 Å². The molecule has 3 amide bonds. The Kier molecular flexibility index (Phi) is 8.53. The fourth-order valence-electron chi connectivity index (χ4n) is 3.07. The van der Waals surface area contributed by atoms with Gasteiger partial charge in [0.2, 0.25) is 5.91 Å². The van der Waals surface area contributed by atoms with E-state index in [-0.39, 0.29) is 18.5 Å². The minimum Gasteiger partial charge on any atom is -0.493 e. The van der Waals surface area contributed by atoms with Crippen molar-refractivity contribution in [1.29, 1.82) is 0 Å². The summed E-state index contributed by atoms with van der Waals surface area (Å²) in [6, 6.07) is 5.57. The van der Waals surface area contributed by atoms with Gasteiger partial charge in [0.15, 0.2) is 11.5 Å². The maximum Gasteiger partial charge on any atom is 0.321 e. The molecule has 2 rings (SSSR count). The molecular weight excluding hydrogens is 360 g/mol. The fourth-order valence-corrected chi connectivity index (χ4v) is 3.07. The highest BCUT2D eigenvalue weighted by atomic mass is 16.5. The molecular formula is C20H32N4O4. The Balaban J connectivity index is 1.75. The molecule has 1 heterocycles. The third kappa shape index (κ3) is 6.69. The first-order valence-corrected chi connectivity index (χ1v) is 9.71. The molecule has 0 radical (unpaired) electrons.